The van der Waals surface area contributed by atoms with Gasteiger partial charge in [-0.25, -0.2) is 8.42 Å². The van der Waals surface area contributed by atoms with Crippen molar-refractivity contribution in [2.45, 2.75) is 0 Å². The van der Waals surface area contributed by atoms with Crippen LogP contribution in [0.3, 0.4) is 0 Å². The summed E-state index contributed by atoms with van der Waals surface area (Å²) in [5.74, 6) is 0. The monoisotopic (exact) mass is 376 g/mol. The molecule has 0 atom stereocenters. The van der Waals surface area contributed by atoms with Gasteiger partial charge >= 0.3 is 29.6 Å². The minimum atomic E-state index is -4.56. The van der Waals surface area contributed by atoms with Crippen molar-refractivity contribution in [3.63, 3.8) is 0 Å². The van der Waals surface area contributed by atoms with E-state index >= 15 is 0 Å². The zero-order chi connectivity index (χ0) is 13.4. The van der Waals surface area contributed by atoms with Gasteiger partial charge in [0.1, 0.15) is 10.1 Å². The second-order valence-electron chi connectivity index (χ2n) is 2.78. The Hall–Kier alpha value is 1.32. The summed E-state index contributed by atoms with van der Waals surface area (Å²) in [6.07, 6.45) is 0.904. The van der Waals surface area contributed by atoms with Crippen LogP contribution in [0.5, 0.6) is 0 Å². The molecule has 0 N–H and O–H groups in total. The van der Waals surface area contributed by atoms with Crippen LogP contribution in [0.2, 0.25) is 25.1 Å². The fraction of sp³-hybridized carbons (Fsp3) is 0. The summed E-state index contributed by atoms with van der Waals surface area (Å²) in [7, 11) is -4.56. The van der Waals surface area contributed by atoms with Crippen LogP contribution >= 0.6 is 58.0 Å². The Bertz CT molecular complexity index is 570. The van der Waals surface area contributed by atoms with Gasteiger partial charge < -0.3 is 4.55 Å². The summed E-state index contributed by atoms with van der Waals surface area (Å²) in [5, 5.41) is -0.000499. The number of benzene rings is 1. The van der Waals surface area contributed by atoms with Gasteiger partial charge in [0.25, 0.3) is 0 Å². The van der Waals surface area contributed by atoms with E-state index in [1.165, 1.54) is 0 Å². The van der Waals surface area contributed by atoms with Gasteiger partial charge in [-0.1, -0.05) is 58.0 Å². The van der Waals surface area contributed by atoms with E-state index in [2.05, 4.69) is 0 Å². The first kappa shape index (κ1) is 19.3. The van der Waals surface area contributed by atoms with E-state index in [0.29, 0.717) is 5.41 Å². The molecule has 18 heavy (non-hydrogen) atoms. The molecule has 0 spiro atoms. The second-order valence-corrected chi connectivity index (χ2v) is 5.93. The van der Waals surface area contributed by atoms with E-state index in [1.54, 1.807) is 0 Å². The second kappa shape index (κ2) is 7.36. The maximum absolute atomic E-state index is 10.4. The van der Waals surface area contributed by atoms with Crippen molar-refractivity contribution in [1.82, 2.24) is 0 Å². The van der Waals surface area contributed by atoms with E-state index in [-0.39, 0.29) is 60.2 Å². The first-order valence-corrected chi connectivity index (χ1v) is 7.16. The standard InChI is InChI=1S/C8H3Cl5O3S.Na/c9-4-3(1-2-17(14,15)16)5(10)7(12)8(13)6(4)11;/h1-2H,(H,14,15,16);/q;+1/p-1. The van der Waals surface area contributed by atoms with Crippen molar-refractivity contribution in [2.75, 3.05) is 0 Å². The smallest absolute Gasteiger partial charge is 0.744 e. The van der Waals surface area contributed by atoms with E-state index in [1.807, 2.05) is 0 Å². The average Bonchev–Trinajstić information content (AvgIpc) is 2.22. The van der Waals surface area contributed by atoms with Crippen LogP contribution in [-0.2, 0) is 10.1 Å². The Balaban J connectivity index is 0.00000289. The van der Waals surface area contributed by atoms with Gasteiger partial charge in [0, 0.05) is 11.0 Å². The Labute approximate surface area is 151 Å². The minimum Gasteiger partial charge on any atom is -0.744 e. The molecule has 1 aromatic carbocycles. The summed E-state index contributed by atoms with van der Waals surface area (Å²) < 4.78 is 31.3. The Kier molecular flexibility index (Phi) is 7.90. The topological polar surface area (TPSA) is 57.2 Å². The molecule has 0 unspecified atom stereocenters. The summed E-state index contributed by atoms with van der Waals surface area (Å²) in [6, 6.07) is 0. The summed E-state index contributed by atoms with van der Waals surface area (Å²) in [6.45, 7) is 0. The molecule has 0 amide bonds. The van der Waals surface area contributed by atoms with Crippen LogP contribution in [0.4, 0.5) is 0 Å². The largest absolute Gasteiger partial charge is 1.00 e. The molecule has 1 rings (SSSR count). The molecule has 0 aliphatic carbocycles. The van der Waals surface area contributed by atoms with Gasteiger partial charge in [0.2, 0.25) is 0 Å². The molecule has 0 aromatic heterocycles. The van der Waals surface area contributed by atoms with E-state index in [9.17, 15) is 13.0 Å². The number of halogens is 5. The van der Waals surface area contributed by atoms with Gasteiger partial charge in [0.05, 0.1) is 25.1 Å². The van der Waals surface area contributed by atoms with Crippen LogP contribution in [0.1, 0.15) is 5.56 Å². The minimum absolute atomic E-state index is 0. The van der Waals surface area contributed by atoms with Crippen molar-refractivity contribution in [3.8, 4) is 0 Å². The maximum atomic E-state index is 10.4. The third-order valence-corrected chi connectivity index (χ3v) is 4.42. The quantitative estimate of drug-likeness (QED) is 0.339. The predicted molar refractivity (Wildman–Crippen MR) is 70.2 cm³/mol. The molecule has 3 nitrogen and oxygen atoms in total. The molecule has 10 heteroatoms. The van der Waals surface area contributed by atoms with Crippen molar-refractivity contribution < 1.29 is 42.5 Å². The summed E-state index contributed by atoms with van der Waals surface area (Å²) in [5.41, 5.74) is 0.00663. The summed E-state index contributed by atoms with van der Waals surface area (Å²) in [4.78, 5) is 0. The van der Waals surface area contributed by atoms with Gasteiger partial charge in [-0.2, -0.15) is 0 Å². The fourth-order valence-electron chi connectivity index (χ4n) is 0.920. The zero-order valence-electron chi connectivity index (χ0n) is 8.68. The van der Waals surface area contributed by atoms with Crippen molar-refractivity contribution >= 4 is 74.2 Å². The summed E-state index contributed by atoms with van der Waals surface area (Å²) >= 11 is 28.8. The maximum Gasteiger partial charge on any atom is 1.00 e. The number of hydrogen-bond donors (Lipinski definition) is 0. The van der Waals surface area contributed by atoms with Crippen LogP contribution in [0, 0.1) is 0 Å². The van der Waals surface area contributed by atoms with Crippen molar-refractivity contribution in [3.05, 3.63) is 36.1 Å². The molecule has 0 bridgehead atoms. The third kappa shape index (κ3) is 4.70. The van der Waals surface area contributed by atoms with Crippen LogP contribution in [0.25, 0.3) is 6.08 Å². The van der Waals surface area contributed by atoms with Gasteiger partial charge in [-0.3, -0.25) is 0 Å². The number of rotatable bonds is 2. The van der Waals surface area contributed by atoms with Gasteiger partial charge in [-0.15, -0.1) is 0 Å². The van der Waals surface area contributed by atoms with Crippen molar-refractivity contribution in [2.24, 2.45) is 0 Å². The van der Waals surface area contributed by atoms with Gasteiger partial charge in [0.15, 0.2) is 0 Å². The molecule has 0 saturated heterocycles. The van der Waals surface area contributed by atoms with Crippen LogP contribution in [0.15, 0.2) is 5.41 Å². The molecule has 0 aliphatic rings. The Morgan fingerprint density at radius 2 is 1.17 bits per heavy atom. The van der Waals surface area contributed by atoms with E-state index in [0.717, 1.165) is 6.08 Å². The first-order chi connectivity index (χ1) is 7.65. The fourth-order valence-corrected chi connectivity index (χ4v) is 2.50. The Morgan fingerprint density at radius 3 is 1.50 bits per heavy atom. The molecule has 1 aromatic rings. The molecule has 0 aliphatic heterocycles. The molecule has 0 radical (unpaired) electrons. The Morgan fingerprint density at radius 1 is 0.833 bits per heavy atom. The average molecular weight is 378 g/mol. The molecule has 94 valence electrons. The molecule has 0 fully saturated rings. The van der Waals surface area contributed by atoms with Crippen molar-refractivity contribution in [1.29, 1.82) is 0 Å². The molecular formula is C8H2Cl5NaO3S. The zero-order valence-corrected chi connectivity index (χ0v) is 15.3. The molecule has 0 heterocycles. The van der Waals surface area contributed by atoms with E-state index < -0.39 is 10.1 Å². The SMILES string of the molecule is O=S(=O)([O-])C=Cc1c(Cl)c(Cl)c(Cl)c(Cl)c1Cl.[Na+]. The molecule has 0 saturated carbocycles. The normalized spacial score (nSPS) is 11.7. The van der Waals surface area contributed by atoms with Crippen LogP contribution in [-0.4, -0.2) is 13.0 Å². The predicted octanol–water partition coefficient (Wildman–Crippen LogP) is 1.47. The first-order valence-electron chi connectivity index (χ1n) is 3.80. The van der Waals surface area contributed by atoms with Gasteiger partial charge in [-0.05, 0) is 6.08 Å². The number of hydrogen-bond acceptors (Lipinski definition) is 3. The molecular weight excluding hydrogens is 376 g/mol. The van der Waals surface area contributed by atoms with E-state index in [4.69, 9.17) is 58.0 Å². The third-order valence-electron chi connectivity index (χ3n) is 1.65. The van der Waals surface area contributed by atoms with Crippen LogP contribution < -0.4 is 29.6 Å².